The number of amides is 1. The Labute approximate surface area is 157 Å². The topological polar surface area (TPSA) is 64.7 Å². The van der Waals surface area contributed by atoms with Gasteiger partial charge in [-0.25, -0.2) is 4.68 Å². The summed E-state index contributed by atoms with van der Waals surface area (Å²) in [6.45, 7) is 2.04. The number of carbonyl (C=O) groups is 1. The molecular formula is C21H19N5O. The minimum Gasteiger partial charge on any atom is -0.319 e. The van der Waals surface area contributed by atoms with Crippen molar-refractivity contribution < 1.29 is 4.79 Å². The van der Waals surface area contributed by atoms with E-state index in [0.717, 1.165) is 11.3 Å². The molecule has 0 atom stereocenters. The Morgan fingerprint density at radius 1 is 1.00 bits per heavy atom. The second kappa shape index (κ2) is 6.92. The van der Waals surface area contributed by atoms with Gasteiger partial charge in [0, 0.05) is 25.0 Å². The van der Waals surface area contributed by atoms with Crippen LogP contribution in [0.1, 0.15) is 15.9 Å². The molecule has 0 unspecified atom stereocenters. The molecule has 4 aromatic rings. The normalized spacial score (nSPS) is 10.7. The van der Waals surface area contributed by atoms with E-state index in [2.05, 4.69) is 15.5 Å². The molecule has 0 radical (unpaired) electrons. The van der Waals surface area contributed by atoms with Crippen molar-refractivity contribution in [1.82, 2.24) is 19.6 Å². The van der Waals surface area contributed by atoms with Gasteiger partial charge in [-0.05, 0) is 19.1 Å². The molecule has 0 fully saturated rings. The third kappa shape index (κ3) is 3.50. The number of hydrogen-bond acceptors (Lipinski definition) is 3. The van der Waals surface area contributed by atoms with E-state index in [1.54, 1.807) is 35.0 Å². The molecule has 1 N–H and O–H groups in total. The van der Waals surface area contributed by atoms with Gasteiger partial charge >= 0.3 is 0 Å². The van der Waals surface area contributed by atoms with E-state index in [9.17, 15) is 4.79 Å². The lowest BCUT2D eigenvalue weighted by Crippen LogP contribution is -2.11. The Morgan fingerprint density at radius 2 is 1.74 bits per heavy atom. The molecule has 0 aliphatic rings. The average molecular weight is 357 g/mol. The highest BCUT2D eigenvalue weighted by atomic mass is 16.1. The van der Waals surface area contributed by atoms with Crippen LogP contribution in [-0.2, 0) is 7.05 Å². The zero-order valence-corrected chi connectivity index (χ0v) is 15.1. The van der Waals surface area contributed by atoms with Crippen LogP contribution in [0.5, 0.6) is 0 Å². The lowest BCUT2D eigenvalue weighted by Gasteiger charge is -2.03. The van der Waals surface area contributed by atoms with Crippen molar-refractivity contribution in [3.8, 4) is 16.9 Å². The Bertz CT molecular complexity index is 1080. The maximum absolute atomic E-state index is 12.9. The molecule has 2 aromatic carbocycles. The lowest BCUT2D eigenvalue weighted by atomic mass is 10.1. The summed E-state index contributed by atoms with van der Waals surface area (Å²) in [7, 11) is 1.81. The van der Waals surface area contributed by atoms with Gasteiger partial charge < -0.3 is 5.32 Å². The molecular weight excluding hydrogens is 338 g/mol. The Balaban J connectivity index is 1.76. The molecule has 6 nitrogen and oxygen atoms in total. The first-order valence-electron chi connectivity index (χ1n) is 8.62. The minimum absolute atomic E-state index is 0.222. The summed E-state index contributed by atoms with van der Waals surface area (Å²) >= 11 is 0. The number of anilines is 1. The summed E-state index contributed by atoms with van der Waals surface area (Å²) in [5.74, 6) is -0.222. The molecule has 0 saturated carbocycles. The van der Waals surface area contributed by atoms with Gasteiger partial charge in [-0.3, -0.25) is 9.48 Å². The zero-order valence-electron chi connectivity index (χ0n) is 15.1. The molecule has 1 amide bonds. The predicted molar refractivity (Wildman–Crippen MR) is 105 cm³/mol. The first-order valence-corrected chi connectivity index (χ1v) is 8.62. The van der Waals surface area contributed by atoms with Crippen LogP contribution in [-0.4, -0.2) is 25.5 Å². The van der Waals surface area contributed by atoms with Crippen LogP contribution < -0.4 is 5.32 Å². The monoisotopic (exact) mass is 357 g/mol. The molecule has 0 bridgehead atoms. The van der Waals surface area contributed by atoms with Crippen LogP contribution >= 0.6 is 0 Å². The second-order valence-corrected chi connectivity index (χ2v) is 6.39. The smallest absolute Gasteiger partial charge is 0.259 e. The summed E-state index contributed by atoms with van der Waals surface area (Å²) in [5, 5.41) is 11.7. The van der Waals surface area contributed by atoms with Gasteiger partial charge in [0.05, 0.1) is 23.1 Å². The fraction of sp³-hybridized carbons (Fsp3) is 0.0952. The number of nitrogens with zero attached hydrogens (tertiary/aromatic N) is 4. The first kappa shape index (κ1) is 16.8. The second-order valence-electron chi connectivity index (χ2n) is 6.39. The van der Waals surface area contributed by atoms with Gasteiger partial charge in [0.25, 0.3) is 5.91 Å². The fourth-order valence-corrected chi connectivity index (χ4v) is 2.86. The quantitative estimate of drug-likeness (QED) is 0.604. The number of benzene rings is 2. The first-order chi connectivity index (χ1) is 13.1. The van der Waals surface area contributed by atoms with Gasteiger partial charge in [-0.2, -0.15) is 10.2 Å². The van der Waals surface area contributed by atoms with E-state index >= 15 is 0 Å². The summed E-state index contributed by atoms with van der Waals surface area (Å²) < 4.78 is 3.38. The third-order valence-corrected chi connectivity index (χ3v) is 4.27. The highest BCUT2D eigenvalue weighted by Crippen LogP contribution is 2.24. The summed E-state index contributed by atoms with van der Waals surface area (Å²) in [4.78, 5) is 12.9. The number of nitrogens with one attached hydrogen (secondary N) is 1. The van der Waals surface area contributed by atoms with E-state index in [1.807, 2.05) is 61.5 Å². The van der Waals surface area contributed by atoms with E-state index in [0.29, 0.717) is 16.9 Å². The molecule has 4 rings (SSSR count). The molecule has 134 valence electrons. The largest absolute Gasteiger partial charge is 0.319 e. The van der Waals surface area contributed by atoms with Gasteiger partial charge in [-0.1, -0.05) is 48.0 Å². The zero-order chi connectivity index (χ0) is 18.8. The van der Waals surface area contributed by atoms with Gasteiger partial charge in [-0.15, -0.1) is 0 Å². The maximum Gasteiger partial charge on any atom is 0.259 e. The van der Waals surface area contributed by atoms with Crippen molar-refractivity contribution in [3.05, 3.63) is 84.3 Å². The highest BCUT2D eigenvalue weighted by molar-refractivity contribution is 6.08. The number of hydrogen-bond donors (Lipinski definition) is 1. The number of carbonyl (C=O) groups excluding carboxylic acids is 1. The lowest BCUT2D eigenvalue weighted by molar-refractivity contribution is 0.102. The van der Waals surface area contributed by atoms with Crippen LogP contribution in [0.25, 0.3) is 16.9 Å². The predicted octanol–water partition coefficient (Wildman–Crippen LogP) is 3.83. The van der Waals surface area contributed by atoms with Crippen LogP contribution in [0.3, 0.4) is 0 Å². The SMILES string of the molecule is Cc1ccc(-n2cc(C(=O)Nc3cnn(C)c3)c(-c3ccccc3)n2)cc1. The number of aromatic nitrogens is 4. The summed E-state index contributed by atoms with van der Waals surface area (Å²) in [6, 6.07) is 17.7. The maximum atomic E-state index is 12.9. The van der Waals surface area contributed by atoms with Crippen LogP contribution in [0, 0.1) is 6.92 Å². The van der Waals surface area contributed by atoms with Crippen molar-refractivity contribution in [2.45, 2.75) is 6.92 Å². The van der Waals surface area contributed by atoms with E-state index in [1.165, 1.54) is 5.56 Å². The Kier molecular flexibility index (Phi) is 4.30. The van der Waals surface area contributed by atoms with E-state index in [-0.39, 0.29) is 5.91 Å². The van der Waals surface area contributed by atoms with Gasteiger partial charge in [0.15, 0.2) is 0 Å². The van der Waals surface area contributed by atoms with E-state index < -0.39 is 0 Å². The molecule has 0 aliphatic carbocycles. The molecule has 6 heteroatoms. The highest BCUT2D eigenvalue weighted by Gasteiger charge is 2.19. The van der Waals surface area contributed by atoms with Crippen LogP contribution in [0.15, 0.2) is 73.2 Å². The number of aryl methyl sites for hydroxylation is 2. The fourth-order valence-electron chi connectivity index (χ4n) is 2.86. The van der Waals surface area contributed by atoms with Crippen LogP contribution in [0.2, 0.25) is 0 Å². The minimum atomic E-state index is -0.222. The van der Waals surface area contributed by atoms with Crippen molar-refractivity contribution in [2.75, 3.05) is 5.32 Å². The molecule has 2 aromatic heterocycles. The Morgan fingerprint density at radius 3 is 2.41 bits per heavy atom. The molecule has 0 spiro atoms. The van der Waals surface area contributed by atoms with Crippen molar-refractivity contribution in [2.24, 2.45) is 7.05 Å². The van der Waals surface area contributed by atoms with Gasteiger partial charge in [0.1, 0.15) is 5.69 Å². The van der Waals surface area contributed by atoms with Crippen molar-refractivity contribution in [3.63, 3.8) is 0 Å². The number of rotatable bonds is 4. The van der Waals surface area contributed by atoms with E-state index in [4.69, 9.17) is 0 Å². The Hall–Kier alpha value is -3.67. The molecule has 27 heavy (non-hydrogen) atoms. The van der Waals surface area contributed by atoms with Crippen LogP contribution in [0.4, 0.5) is 5.69 Å². The van der Waals surface area contributed by atoms with Crippen molar-refractivity contribution in [1.29, 1.82) is 0 Å². The van der Waals surface area contributed by atoms with Crippen molar-refractivity contribution >= 4 is 11.6 Å². The molecule has 2 heterocycles. The average Bonchev–Trinajstić information content (AvgIpc) is 3.30. The molecule has 0 aliphatic heterocycles. The van der Waals surface area contributed by atoms with Gasteiger partial charge in [0.2, 0.25) is 0 Å². The summed E-state index contributed by atoms with van der Waals surface area (Å²) in [6.07, 6.45) is 5.13. The summed E-state index contributed by atoms with van der Waals surface area (Å²) in [5.41, 5.74) is 4.74. The third-order valence-electron chi connectivity index (χ3n) is 4.27. The standard InChI is InChI=1S/C21H19N5O/c1-15-8-10-18(11-9-15)26-14-19(20(24-26)16-6-4-3-5-7-16)21(27)23-17-12-22-25(2)13-17/h3-14H,1-2H3,(H,23,27). The molecule has 0 saturated heterocycles.